The minimum absolute atomic E-state index is 0.823. The van der Waals surface area contributed by atoms with E-state index in [1.807, 2.05) is 0 Å². The summed E-state index contributed by atoms with van der Waals surface area (Å²) in [7, 11) is 0. The van der Waals surface area contributed by atoms with Crippen LogP contribution in [0.25, 0.3) is 88.1 Å². The largest absolute Gasteiger partial charge is 0.456 e. The van der Waals surface area contributed by atoms with E-state index in [1.54, 1.807) is 0 Å². The molecule has 246 valence electrons. The summed E-state index contributed by atoms with van der Waals surface area (Å²) in [6.45, 7) is 10.7. The molecule has 0 aliphatic heterocycles. The highest BCUT2D eigenvalue weighted by atomic mass is 16.3. The molecule has 0 aliphatic carbocycles. The standard InChI is InChI=1S/C48H36O3/c1-26-20-28(3)46-42(21-26)37-15-13-35(25-44(37)50-46)36-17-18-40-39-16-12-32(29(4)47(39)51-48(40)30(36)5)22-31-9-7-10-33(23-31)34-14-19-43-41(24-34)38-11-6-8-27(2)45(38)49-43/h6-21,23-25H,22H2,1-5H3. The summed E-state index contributed by atoms with van der Waals surface area (Å²) < 4.78 is 19.4. The van der Waals surface area contributed by atoms with Crippen molar-refractivity contribution >= 4 is 65.8 Å². The van der Waals surface area contributed by atoms with E-state index in [4.69, 9.17) is 13.3 Å². The Balaban J connectivity index is 1.000. The normalized spacial score (nSPS) is 12.1. The van der Waals surface area contributed by atoms with Crippen LogP contribution in [0.1, 0.15) is 38.9 Å². The molecular formula is C48H36O3. The van der Waals surface area contributed by atoms with Gasteiger partial charge in [0.15, 0.2) is 0 Å². The number of para-hydroxylation sites is 1. The van der Waals surface area contributed by atoms with Crippen molar-refractivity contribution in [3.05, 3.63) is 154 Å². The molecule has 0 radical (unpaired) electrons. The lowest BCUT2D eigenvalue weighted by molar-refractivity contribution is 0.662. The molecule has 0 spiro atoms. The van der Waals surface area contributed by atoms with Gasteiger partial charge in [-0.3, -0.25) is 0 Å². The van der Waals surface area contributed by atoms with Crippen molar-refractivity contribution in [3.8, 4) is 22.3 Å². The molecular weight excluding hydrogens is 625 g/mol. The van der Waals surface area contributed by atoms with Crippen LogP contribution in [-0.4, -0.2) is 0 Å². The Morgan fingerprint density at radius 2 is 1.12 bits per heavy atom. The Bertz CT molecular complexity index is 3050. The van der Waals surface area contributed by atoms with Crippen LogP contribution in [0.2, 0.25) is 0 Å². The molecule has 0 N–H and O–H groups in total. The van der Waals surface area contributed by atoms with E-state index >= 15 is 0 Å². The van der Waals surface area contributed by atoms with Crippen LogP contribution in [0.15, 0.2) is 129 Å². The highest BCUT2D eigenvalue weighted by Crippen LogP contribution is 2.40. The summed E-state index contributed by atoms with van der Waals surface area (Å²) in [5.41, 5.74) is 18.8. The maximum absolute atomic E-state index is 6.76. The van der Waals surface area contributed by atoms with Gasteiger partial charge in [-0.2, -0.15) is 0 Å². The molecule has 3 aromatic heterocycles. The molecule has 0 unspecified atom stereocenters. The van der Waals surface area contributed by atoms with E-state index in [0.29, 0.717) is 0 Å². The van der Waals surface area contributed by atoms with Crippen LogP contribution in [-0.2, 0) is 6.42 Å². The lowest BCUT2D eigenvalue weighted by Gasteiger charge is -2.09. The first kappa shape index (κ1) is 29.8. The predicted octanol–water partition coefficient (Wildman–Crippen LogP) is 13.9. The molecule has 0 saturated carbocycles. The summed E-state index contributed by atoms with van der Waals surface area (Å²) in [6.07, 6.45) is 0.823. The monoisotopic (exact) mass is 660 g/mol. The number of rotatable bonds is 4. The SMILES string of the molecule is Cc1cc(C)c2oc3cc(-c4ccc5c(oc6c(C)c(Cc7cccc(-c8ccc9oc%10c(C)cccc%10c9c8)c7)ccc65)c4C)ccc3c2c1. The Morgan fingerprint density at radius 1 is 0.412 bits per heavy atom. The summed E-state index contributed by atoms with van der Waals surface area (Å²) in [5.74, 6) is 0. The first-order chi connectivity index (χ1) is 24.8. The van der Waals surface area contributed by atoms with Gasteiger partial charge in [0, 0.05) is 37.9 Å². The van der Waals surface area contributed by atoms with Crippen LogP contribution in [0, 0.1) is 34.6 Å². The van der Waals surface area contributed by atoms with Crippen LogP contribution in [0.4, 0.5) is 0 Å². The van der Waals surface area contributed by atoms with Crippen molar-refractivity contribution in [2.24, 2.45) is 0 Å². The number of hydrogen-bond donors (Lipinski definition) is 0. The predicted molar refractivity (Wildman–Crippen MR) is 212 cm³/mol. The van der Waals surface area contributed by atoms with Gasteiger partial charge < -0.3 is 13.3 Å². The van der Waals surface area contributed by atoms with Crippen molar-refractivity contribution in [2.75, 3.05) is 0 Å². The van der Waals surface area contributed by atoms with Gasteiger partial charge in [0.1, 0.15) is 33.5 Å². The quantitative estimate of drug-likeness (QED) is 0.189. The summed E-state index contributed by atoms with van der Waals surface area (Å²) in [5, 5.41) is 6.95. The topological polar surface area (TPSA) is 39.4 Å². The minimum Gasteiger partial charge on any atom is -0.456 e. The molecule has 10 aromatic rings. The highest BCUT2D eigenvalue weighted by molar-refractivity contribution is 6.10. The third kappa shape index (κ3) is 4.58. The molecule has 51 heavy (non-hydrogen) atoms. The lowest BCUT2D eigenvalue weighted by atomic mass is 9.94. The van der Waals surface area contributed by atoms with Crippen molar-refractivity contribution in [1.82, 2.24) is 0 Å². The highest BCUT2D eigenvalue weighted by Gasteiger charge is 2.18. The number of hydrogen-bond acceptors (Lipinski definition) is 3. The maximum atomic E-state index is 6.76. The third-order valence-electron chi connectivity index (χ3n) is 11.0. The number of fused-ring (bicyclic) bond motifs is 9. The average molecular weight is 661 g/mol. The molecule has 3 heteroatoms. The van der Waals surface area contributed by atoms with Crippen molar-refractivity contribution in [1.29, 1.82) is 0 Å². The molecule has 0 amide bonds. The van der Waals surface area contributed by atoms with Gasteiger partial charge >= 0.3 is 0 Å². The second-order valence-corrected chi connectivity index (χ2v) is 14.4. The van der Waals surface area contributed by atoms with E-state index in [-0.39, 0.29) is 0 Å². The molecule has 0 atom stereocenters. The molecule has 7 aromatic carbocycles. The maximum Gasteiger partial charge on any atom is 0.138 e. The van der Waals surface area contributed by atoms with Gasteiger partial charge in [0.05, 0.1) is 0 Å². The number of benzene rings is 7. The first-order valence-electron chi connectivity index (χ1n) is 17.7. The minimum atomic E-state index is 0.823. The zero-order valence-corrected chi connectivity index (χ0v) is 29.4. The van der Waals surface area contributed by atoms with Crippen LogP contribution < -0.4 is 0 Å². The molecule has 3 nitrogen and oxygen atoms in total. The van der Waals surface area contributed by atoms with Crippen molar-refractivity contribution in [3.63, 3.8) is 0 Å². The van der Waals surface area contributed by atoms with E-state index in [0.717, 1.165) is 89.1 Å². The Labute approximate surface area is 295 Å². The second kappa shape index (κ2) is 11.0. The molecule has 0 aliphatic rings. The average Bonchev–Trinajstić information content (AvgIpc) is 3.82. The van der Waals surface area contributed by atoms with Crippen LogP contribution >= 0.6 is 0 Å². The molecule has 10 rings (SSSR count). The van der Waals surface area contributed by atoms with E-state index in [1.165, 1.54) is 44.3 Å². The van der Waals surface area contributed by atoms with Gasteiger partial charge in [-0.25, -0.2) is 0 Å². The van der Waals surface area contributed by atoms with Gasteiger partial charge in [0.25, 0.3) is 0 Å². The fourth-order valence-electron chi connectivity index (χ4n) is 8.31. The van der Waals surface area contributed by atoms with Gasteiger partial charge in [-0.05, 0) is 133 Å². The van der Waals surface area contributed by atoms with Gasteiger partial charge in [-0.15, -0.1) is 0 Å². The lowest BCUT2D eigenvalue weighted by Crippen LogP contribution is -1.93. The van der Waals surface area contributed by atoms with Crippen LogP contribution in [0.3, 0.4) is 0 Å². The van der Waals surface area contributed by atoms with E-state index in [2.05, 4.69) is 150 Å². The van der Waals surface area contributed by atoms with Gasteiger partial charge in [0.2, 0.25) is 0 Å². The molecule has 0 bridgehead atoms. The second-order valence-electron chi connectivity index (χ2n) is 14.4. The Kier molecular flexibility index (Phi) is 6.41. The molecule has 3 heterocycles. The first-order valence-corrected chi connectivity index (χ1v) is 17.7. The Morgan fingerprint density at radius 3 is 2.00 bits per heavy atom. The molecule has 0 saturated heterocycles. The number of aryl methyl sites for hydroxylation is 5. The van der Waals surface area contributed by atoms with Crippen molar-refractivity contribution in [2.45, 2.75) is 41.0 Å². The number of furan rings is 3. The van der Waals surface area contributed by atoms with E-state index in [9.17, 15) is 0 Å². The van der Waals surface area contributed by atoms with Crippen LogP contribution in [0.5, 0.6) is 0 Å². The summed E-state index contributed by atoms with van der Waals surface area (Å²) in [4.78, 5) is 0. The third-order valence-corrected chi connectivity index (χ3v) is 11.0. The smallest absolute Gasteiger partial charge is 0.138 e. The molecule has 0 fully saturated rings. The Hall–Kier alpha value is -6.06. The zero-order valence-electron chi connectivity index (χ0n) is 29.4. The van der Waals surface area contributed by atoms with E-state index < -0.39 is 0 Å². The fourth-order valence-corrected chi connectivity index (χ4v) is 8.31. The fraction of sp³-hybridized carbons (Fsp3) is 0.125. The summed E-state index contributed by atoms with van der Waals surface area (Å²) >= 11 is 0. The summed E-state index contributed by atoms with van der Waals surface area (Å²) in [6, 6.07) is 41.7. The van der Waals surface area contributed by atoms with Crippen molar-refractivity contribution < 1.29 is 13.3 Å². The zero-order chi connectivity index (χ0) is 34.5. The van der Waals surface area contributed by atoms with Gasteiger partial charge in [-0.1, -0.05) is 78.9 Å².